The van der Waals surface area contributed by atoms with E-state index in [1.807, 2.05) is 17.8 Å². The van der Waals surface area contributed by atoms with E-state index in [1.165, 1.54) is 23.3 Å². The zero-order chi connectivity index (χ0) is 13.1. The molecular weight excluding hydrogens is 258 g/mol. The molecule has 2 aliphatic rings. The summed E-state index contributed by atoms with van der Waals surface area (Å²) in [7, 11) is 0. The molecule has 19 heavy (non-hydrogen) atoms. The van der Waals surface area contributed by atoms with Gasteiger partial charge in [0.1, 0.15) is 6.61 Å². The van der Waals surface area contributed by atoms with Crippen LogP contribution in [0.2, 0.25) is 0 Å². The van der Waals surface area contributed by atoms with E-state index in [0.717, 1.165) is 18.8 Å². The maximum Gasteiger partial charge on any atom is 0.246 e. The number of carbonyl (C=O) groups excluding carboxylic acids is 1. The molecule has 1 saturated carbocycles. The van der Waals surface area contributed by atoms with Gasteiger partial charge < -0.3 is 10.1 Å². The van der Waals surface area contributed by atoms with Gasteiger partial charge in [0.15, 0.2) is 0 Å². The van der Waals surface area contributed by atoms with Gasteiger partial charge in [0.05, 0.1) is 12.6 Å². The summed E-state index contributed by atoms with van der Waals surface area (Å²) < 4.78 is 5.43. The summed E-state index contributed by atoms with van der Waals surface area (Å²) in [6.45, 7) is 0.937. The quantitative estimate of drug-likeness (QED) is 0.899. The van der Waals surface area contributed by atoms with E-state index in [4.69, 9.17) is 4.74 Å². The molecule has 102 valence electrons. The van der Waals surface area contributed by atoms with Crippen LogP contribution in [0, 0.1) is 5.92 Å². The van der Waals surface area contributed by atoms with Crippen LogP contribution in [-0.2, 0) is 9.53 Å². The molecule has 3 rings (SSSR count). The summed E-state index contributed by atoms with van der Waals surface area (Å²) in [6.07, 6.45) is 3.51. The third-order valence-electron chi connectivity index (χ3n) is 3.58. The van der Waals surface area contributed by atoms with Crippen molar-refractivity contribution >= 4 is 17.7 Å². The highest BCUT2D eigenvalue weighted by molar-refractivity contribution is 7.99. The standard InChI is InChI=1S/C15H19NO2S/c17-15(10-18-9-11-5-6-11)16-13-7-8-19-14-4-2-1-3-12(13)14/h1-4,11,13H,5-10H2,(H,16,17). The van der Waals surface area contributed by atoms with Gasteiger partial charge >= 0.3 is 0 Å². The fourth-order valence-corrected chi connectivity index (χ4v) is 3.46. The molecule has 1 aliphatic heterocycles. The van der Waals surface area contributed by atoms with Crippen molar-refractivity contribution in [3.63, 3.8) is 0 Å². The minimum Gasteiger partial charge on any atom is -0.371 e. The number of thioether (sulfide) groups is 1. The van der Waals surface area contributed by atoms with Crippen molar-refractivity contribution in [3.8, 4) is 0 Å². The predicted octanol–water partition coefficient (Wildman–Crippen LogP) is 2.77. The predicted molar refractivity (Wildman–Crippen MR) is 76.2 cm³/mol. The molecule has 1 aromatic carbocycles. The molecule has 0 bridgehead atoms. The molecule has 3 nitrogen and oxygen atoms in total. The minimum atomic E-state index is 0.00681. The van der Waals surface area contributed by atoms with E-state index >= 15 is 0 Å². The molecule has 0 aromatic heterocycles. The van der Waals surface area contributed by atoms with Gasteiger partial charge in [-0.2, -0.15) is 0 Å². The molecule has 1 N–H and O–H groups in total. The molecule has 1 fully saturated rings. The Morgan fingerprint density at radius 3 is 3.00 bits per heavy atom. The van der Waals surface area contributed by atoms with E-state index in [9.17, 15) is 4.79 Å². The van der Waals surface area contributed by atoms with Crippen molar-refractivity contribution in [2.24, 2.45) is 5.92 Å². The van der Waals surface area contributed by atoms with Crippen LogP contribution in [0.5, 0.6) is 0 Å². The molecule has 0 saturated heterocycles. The molecule has 4 heteroatoms. The summed E-state index contributed by atoms with van der Waals surface area (Å²) in [6, 6.07) is 8.47. The summed E-state index contributed by atoms with van der Waals surface area (Å²) in [4.78, 5) is 13.2. The van der Waals surface area contributed by atoms with E-state index in [-0.39, 0.29) is 18.6 Å². The fraction of sp³-hybridized carbons (Fsp3) is 0.533. The number of ether oxygens (including phenoxy) is 1. The highest BCUT2D eigenvalue weighted by atomic mass is 32.2. The zero-order valence-electron chi connectivity index (χ0n) is 10.9. The molecule has 1 atom stereocenters. The first-order valence-corrected chi connectivity index (χ1v) is 7.90. The Morgan fingerprint density at radius 1 is 1.32 bits per heavy atom. The Kier molecular flexibility index (Phi) is 4.09. The van der Waals surface area contributed by atoms with Crippen molar-refractivity contribution in [2.45, 2.75) is 30.2 Å². The molecule has 1 aromatic rings. The maximum absolute atomic E-state index is 11.9. The first kappa shape index (κ1) is 13.0. The van der Waals surface area contributed by atoms with Crippen molar-refractivity contribution in [2.75, 3.05) is 19.0 Å². The number of nitrogens with one attached hydrogen (secondary N) is 1. The number of fused-ring (bicyclic) bond motifs is 1. The smallest absolute Gasteiger partial charge is 0.246 e. The molecule has 1 heterocycles. The topological polar surface area (TPSA) is 38.3 Å². The molecule has 0 radical (unpaired) electrons. The van der Waals surface area contributed by atoms with E-state index < -0.39 is 0 Å². The average Bonchev–Trinajstić information content (AvgIpc) is 3.23. The van der Waals surface area contributed by atoms with Crippen LogP contribution in [-0.4, -0.2) is 24.9 Å². The van der Waals surface area contributed by atoms with Gasteiger partial charge in [-0.3, -0.25) is 4.79 Å². The average molecular weight is 277 g/mol. The summed E-state index contributed by atoms with van der Waals surface area (Å²) in [5.74, 6) is 1.78. The molecule has 0 spiro atoms. The number of carbonyl (C=O) groups is 1. The normalized spacial score (nSPS) is 21.8. The largest absolute Gasteiger partial charge is 0.371 e. The van der Waals surface area contributed by atoms with Crippen LogP contribution in [0.4, 0.5) is 0 Å². The molecular formula is C15H19NO2S. The van der Waals surface area contributed by atoms with Gasteiger partial charge in [0.2, 0.25) is 5.91 Å². The van der Waals surface area contributed by atoms with Crippen molar-refractivity contribution < 1.29 is 9.53 Å². The SMILES string of the molecule is O=C(COCC1CC1)NC1CCSc2ccccc21. The number of hydrogen-bond donors (Lipinski definition) is 1. The Morgan fingerprint density at radius 2 is 2.16 bits per heavy atom. The third-order valence-corrected chi connectivity index (χ3v) is 4.70. The number of benzene rings is 1. The van der Waals surface area contributed by atoms with Gasteiger partial charge in [0.25, 0.3) is 0 Å². The monoisotopic (exact) mass is 277 g/mol. The van der Waals surface area contributed by atoms with Crippen LogP contribution in [0.15, 0.2) is 29.2 Å². The number of amides is 1. The molecule has 1 unspecified atom stereocenters. The zero-order valence-corrected chi connectivity index (χ0v) is 11.7. The minimum absolute atomic E-state index is 0.00681. The summed E-state index contributed by atoms with van der Waals surface area (Å²) in [5.41, 5.74) is 1.24. The highest BCUT2D eigenvalue weighted by Crippen LogP contribution is 2.35. The van der Waals surface area contributed by atoms with Gasteiger partial charge in [-0.25, -0.2) is 0 Å². The summed E-state index contributed by atoms with van der Waals surface area (Å²) >= 11 is 1.87. The van der Waals surface area contributed by atoms with E-state index in [2.05, 4.69) is 23.5 Å². The van der Waals surface area contributed by atoms with E-state index in [0.29, 0.717) is 5.92 Å². The van der Waals surface area contributed by atoms with Crippen LogP contribution < -0.4 is 5.32 Å². The Bertz CT molecular complexity index is 459. The Labute approximate surface area is 118 Å². The first-order chi connectivity index (χ1) is 9.33. The Hall–Kier alpha value is -1.00. The van der Waals surface area contributed by atoms with Crippen LogP contribution in [0.3, 0.4) is 0 Å². The Balaban J connectivity index is 1.53. The van der Waals surface area contributed by atoms with Crippen LogP contribution >= 0.6 is 11.8 Å². The van der Waals surface area contributed by atoms with Gasteiger partial charge in [-0.15, -0.1) is 11.8 Å². The lowest BCUT2D eigenvalue weighted by Gasteiger charge is -2.25. The maximum atomic E-state index is 11.9. The van der Waals surface area contributed by atoms with Crippen molar-refractivity contribution in [1.29, 1.82) is 0 Å². The lowest BCUT2D eigenvalue weighted by Crippen LogP contribution is -2.33. The molecule has 1 aliphatic carbocycles. The summed E-state index contributed by atoms with van der Waals surface area (Å²) in [5, 5.41) is 3.09. The highest BCUT2D eigenvalue weighted by Gasteiger charge is 2.23. The lowest BCUT2D eigenvalue weighted by molar-refractivity contribution is -0.126. The third kappa shape index (κ3) is 3.51. The van der Waals surface area contributed by atoms with Crippen LogP contribution in [0.1, 0.15) is 30.9 Å². The second-order valence-electron chi connectivity index (χ2n) is 5.25. The second-order valence-corrected chi connectivity index (χ2v) is 6.39. The fourth-order valence-electron chi connectivity index (χ4n) is 2.33. The second kappa shape index (κ2) is 5.97. The van der Waals surface area contributed by atoms with Gasteiger partial charge in [-0.05, 0) is 36.8 Å². The van der Waals surface area contributed by atoms with Crippen LogP contribution in [0.25, 0.3) is 0 Å². The van der Waals surface area contributed by atoms with E-state index in [1.54, 1.807) is 0 Å². The molecule has 1 amide bonds. The van der Waals surface area contributed by atoms with Crippen molar-refractivity contribution in [3.05, 3.63) is 29.8 Å². The lowest BCUT2D eigenvalue weighted by atomic mass is 10.0. The first-order valence-electron chi connectivity index (χ1n) is 6.92. The number of rotatable bonds is 5. The van der Waals surface area contributed by atoms with Crippen molar-refractivity contribution in [1.82, 2.24) is 5.32 Å². The number of hydrogen-bond acceptors (Lipinski definition) is 3. The van der Waals surface area contributed by atoms with Gasteiger partial charge in [0, 0.05) is 10.6 Å². The van der Waals surface area contributed by atoms with Gasteiger partial charge in [-0.1, -0.05) is 18.2 Å².